The van der Waals surface area contributed by atoms with Crippen molar-refractivity contribution in [1.29, 1.82) is 0 Å². The van der Waals surface area contributed by atoms with Gasteiger partial charge >= 0.3 is 6.03 Å². The molecule has 0 aromatic heterocycles. The number of nitrogen functional groups attached to an aromatic ring is 1. The van der Waals surface area contributed by atoms with Crippen molar-refractivity contribution in [3.63, 3.8) is 0 Å². The second-order valence-electron chi connectivity index (χ2n) is 12.2. The minimum absolute atomic E-state index is 0.124. The highest BCUT2D eigenvalue weighted by Crippen LogP contribution is 2.35. The number of carbonyl (C=O) groups is 3. The van der Waals surface area contributed by atoms with Crippen LogP contribution < -0.4 is 26.4 Å². The first-order chi connectivity index (χ1) is 23.1. The summed E-state index contributed by atoms with van der Waals surface area (Å²) in [5, 5.41) is 18.5. The number of nitrogens with one attached hydrogen (secondary N) is 3. The Balaban J connectivity index is 1.33. The molecule has 5 rings (SSSR count). The molecule has 1 aliphatic heterocycles. The molecule has 4 amide bonds. The van der Waals surface area contributed by atoms with Gasteiger partial charge < -0.3 is 36.4 Å². The molecule has 11 heteroatoms. The van der Waals surface area contributed by atoms with Crippen molar-refractivity contribution in [2.24, 2.45) is 5.92 Å². The predicted molar refractivity (Wildman–Crippen MR) is 188 cm³/mol. The zero-order valence-electron chi connectivity index (χ0n) is 27.4. The molecule has 3 atom stereocenters. The lowest BCUT2D eigenvalue weighted by Crippen LogP contribution is -2.49. The van der Waals surface area contributed by atoms with Gasteiger partial charge in [0.2, 0.25) is 0 Å². The summed E-state index contributed by atoms with van der Waals surface area (Å²) in [6.07, 6.45) is -0.378. The second-order valence-corrected chi connectivity index (χ2v) is 12.2. The third-order valence-corrected chi connectivity index (χ3v) is 8.34. The number of rotatable bonds is 10. The van der Waals surface area contributed by atoms with E-state index >= 15 is 0 Å². The van der Waals surface area contributed by atoms with Crippen LogP contribution in [0.5, 0.6) is 5.75 Å². The van der Waals surface area contributed by atoms with E-state index in [0.717, 1.165) is 5.56 Å². The van der Waals surface area contributed by atoms with Crippen molar-refractivity contribution in [2.75, 3.05) is 48.4 Å². The number of hydrogen-bond acceptors (Lipinski definition) is 7. The van der Waals surface area contributed by atoms with Crippen LogP contribution in [0.15, 0.2) is 97.1 Å². The van der Waals surface area contributed by atoms with Gasteiger partial charge in [0.05, 0.1) is 35.3 Å². The number of likely N-dealkylation sites (N-methyl/N-ethyl adjacent to an activating group) is 1. The summed E-state index contributed by atoms with van der Waals surface area (Å²) in [4.78, 5) is 43.3. The number of amides is 4. The average molecular weight is 651 g/mol. The van der Waals surface area contributed by atoms with Crippen LogP contribution in [-0.4, -0.2) is 71.6 Å². The molecule has 1 aliphatic rings. The lowest BCUT2D eigenvalue weighted by atomic mass is 9.98. The van der Waals surface area contributed by atoms with Gasteiger partial charge in [-0.05, 0) is 68.1 Å². The summed E-state index contributed by atoms with van der Waals surface area (Å²) in [7, 11) is 1.98. The van der Waals surface area contributed by atoms with E-state index in [4.69, 9.17) is 10.5 Å². The number of nitrogens with two attached hydrogens (primary N) is 1. The first kappa shape index (κ1) is 34.0. The molecule has 4 aromatic carbocycles. The maximum atomic E-state index is 13.8. The summed E-state index contributed by atoms with van der Waals surface area (Å²) >= 11 is 0. The molecule has 0 radical (unpaired) electrons. The predicted octanol–water partition coefficient (Wildman–Crippen LogP) is 5.52. The number of hydrogen-bond donors (Lipinski definition) is 5. The summed E-state index contributed by atoms with van der Waals surface area (Å²) in [5.41, 5.74) is 9.82. The van der Waals surface area contributed by atoms with E-state index in [2.05, 4.69) is 20.9 Å². The van der Waals surface area contributed by atoms with Crippen LogP contribution >= 0.6 is 0 Å². The van der Waals surface area contributed by atoms with Gasteiger partial charge in [-0.3, -0.25) is 14.5 Å². The number of aliphatic hydroxyl groups is 1. The number of anilines is 4. The number of para-hydroxylation sites is 4. The fourth-order valence-electron chi connectivity index (χ4n) is 5.62. The van der Waals surface area contributed by atoms with Crippen LogP contribution in [0.3, 0.4) is 0 Å². The quantitative estimate of drug-likeness (QED) is 0.142. The fourth-order valence-corrected chi connectivity index (χ4v) is 5.62. The van der Waals surface area contributed by atoms with Crippen molar-refractivity contribution in [1.82, 2.24) is 9.80 Å². The highest BCUT2D eigenvalue weighted by atomic mass is 16.5. The summed E-state index contributed by atoms with van der Waals surface area (Å²) in [6, 6.07) is 27.7. The maximum Gasteiger partial charge on any atom is 0.323 e. The second kappa shape index (κ2) is 15.5. The average Bonchev–Trinajstić information content (AvgIpc) is 3.08. The minimum Gasteiger partial charge on any atom is -0.486 e. The molecule has 48 heavy (non-hydrogen) atoms. The number of benzene rings is 4. The lowest BCUT2D eigenvalue weighted by Gasteiger charge is -2.38. The first-order valence-electron chi connectivity index (χ1n) is 15.9. The monoisotopic (exact) mass is 650 g/mol. The molecule has 0 fully saturated rings. The largest absolute Gasteiger partial charge is 0.486 e. The van der Waals surface area contributed by atoms with E-state index in [1.165, 1.54) is 0 Å². The van der Waals surface area contributed by atoms with Gasteiger partial charge in [0.15, 0.2) is 5.75 Å². The number of aliphatic hydroxyl groups excluding tert-OH is 1. The lowest BCUT2D eigenvalue weighted by molar-refractivity contribution is 0.0343. The van der Waals surface area contributed by atoms with E-state index in [-0.39, 0.29) is 36.2 Å². The number of urea groups is 1. The van der Waals surface area contributed by atoms with E-state index in [0.29, 0.717) is 53.5 Å². The molecular weight excluding hydrogens is 608 g/mol. The molecule has 11 nitrogen and oxygen atoms in total. The molecular formula is C37H42N6O5. The van der Waals surface area contributed by atoms with E-state index in [1.807, 2.05) is 63.4 Å². The standard InChI is InChI=1S/C37H42N6O5/c1-24-20-43(25(2)23-44)36(46)29-12-9-15-32(41-37(47)39-28-10-5-4-6-11-28)34(29)48-33(24)22-42(3)21-26-16-18-27(19-17-26)35(45)40-31-14-8-7-13-30(31)38/h4-19,24-25,33,44H,20-23,38H2,1-3H3,(H,40,45)(H2,39,41,47)/t24-,25-,33-/m0/s1. The van der Waals surface area contributed by atoms with Gasteiger partial charge in [-0.2, -0.15) is 0 Å². The fraction of sp³-hybridized carbons (Fsp3) is 0.270. The van der Waals surface area contributed by atoms with Crippen molar-refractivity contribution >= 4 is 40.6 Å². The molecule has 0 bridgehead atoms. The normalized spacial score (nSPS) is 16.6. The Kier molecular flexibility index (Phi) is 10.9. The Morgan fingerprint density at radius 2 is 1.62 bits per heavy atom. The van der Waals surface area contributed by atoms with Gasteiger partial charge in [0, 0.05) is 36.8 Å². The highest BCUT2D eigenvalue weighted by Gasteiger charge is 2.34. The summed E-state index contributed by atoms with van der Waals surface area (Å²) in [6.45, 7) is 5.07. The smallest absolute Gasteiger partial charge is 0.323 e. The van der Waals surface area contributed by atoms with Gasteiger partial charge in [-0.15, -0.1) is 0 Å². The molecule has 0 saturated carbocycles. The highest BCUT2D eigenvalue weighted by molar-refractivity contribution is 6.06. The molecule has 4 aromatic rings. The van der Waals surface area contributed by atoms with Crippen LogP contribution in [0.2, 0.25) is 0 Å². The molecule has 6 N–H and O–H groups in total. The van der Waals surface area contributed by atoms with E-state index in [1.54, 1.807) is 59.5 Å². The molecule has 250 valence electrons. The number of fused-ring (bicyclic) bond motifs is 1. The van der Waals surface area contributed by atoms with Crippen LogP contribution in [-0.2, 0) is 6.54 Å². The third kappa shape index (κ3) is 8.30. The van der Waals surface area contributed by atoms with E-state index < -0.39 is 12.1 Å². The van der Waals surface area contributed by atoms with Gasteiger partial charge in [0.25, 0.3) is 11.8 Å². The Hall–Kier alpha value is -5.39. The van der Waals surface area contributed by atoms with Crippen molar-refractivity contribution in [2.45, 2.75) is 32.5 Å². The van der Waals surface area contributed by atoms with Crippen LogP contribution in [0.25, 0.3) is 0 Å². The van der Waals surface area contributed by atoms with Gasteiger partial charge in [-0.1, -0.05) is 55.5 Å². The number of ether oxygens (including phenoxy) is 1. The molecule has 1 heterocycles. The summed E-state index contributed by atoms with van der Waals surface area (Å²) in [5.74, 6) is -0.376. The Labute approximate surface area is 280 Å². The van der Waals surface area contributed by atoms with Crippen molar-refractivity contribution < 1.29 is 24.2 Å². The van der Waals surface area contributed by atoms with E-state index in [9.17, 15) is 19.5 Å². The van der Waals surface area contributed by atoms with Gasteiger partial charge in [-0.25, -0.2) is 4.79 Å². The molecule has 0 unspecified atom stereocenters. The molecule has 0 spiro atoms. The van der Waals surface area contributed by atoms with Crippen molar-refractivity contribution in [3.8, 4) is 5.75 Å². The van der Waals surface area contributed by atoms with Crippen molar-refractivity contribution in [3.05, 3.63) is 114 Å². The Morgan fingerprint density at radius 3 is 2.33 bits per heavy atom. The van der Waals surface area contributed by atoms with Crippen LogP contribution in [0.4, 0.5) is 27.5 Å². The maximum absolute atomic E-state index is 13.8. The topological polar surface area (TPSA) is 149 Å². The van der Waals surface area contributed by atoms with Crippen LogP contribution in [0, 0.1) is 5.92 Å². The Bertz CT molecular complexity index is 1730. The third-order valence-electron chi connectivity index (χ3n) is 8.34. The zero-order chi connectivity index (χ0) is 34.2. The zero-order valence-corrected chi connectivity index (χ0v) is 27.4. The Morgan fingerprint density at radius 1 is 0.938 bits per heavy atom. The van der Waals surface area contributed by atoms with Gasteiger partial charge in [0.1, 0.15) is 6.10 Å². The first-order valence-corrected chi connectivity index (χ1v) is 15.9. The summed E-state index contributed by atoms with van der Waals surface area (Å²) < 4.78 is 6.63. The molecule has 0 saturated heterocycles. The minimum atomic E-state index is -0.473. The van der Waals surface area contributed by atoms with Crippen LogP contribution in [0.1, 0.15) is 40.1 Å². The number of nitrogens with zero attached hydrogens (tertiary/aromatic N) is 2. The SMILES string of the molecule is C[C@H]1CN([C@@H](C)CO)C(=O)c2cccc(NC(=O)Nc3ccccc3)c2O[C@H]1CN(C)Cc1ccc(C(=O)Nc2ccccc2N)cc1. The molecule has 0 aliphatic carbocycles. The number of carbonyl (C=O) groups excluding carboxylic acids is 3.